The Morgan fingerprint density at radius 2 is 2.21 bits per heavy atom. The molecule has 1 aliphatic rings. The molecule has 1 aromatic heterocycles. The van der Waals surface area contributed by atoms with Crippen LogP contribution in [-0.4, -0.2) is 39.4 Å². The number of hydrogen-bond donors (Lipinski definition) is 2. The van der Waals surface area contributed by atoms with Crippen molar-refractivity contribution in [2.24, 2.45) is 4.99 Å². The second-order valence-electron chi connectivity index (χ2n) is 6.56. The molecule has 0 aliphatic carbocycles. The van der Waals surface area contributed by atoms with Crippen LogP contribution in [0.1, 0.15) is 38.5 Å². The summed E-state index contributed by atoms with van der Waals surface area (Å²) in [7, 11) is 1.78. The molecule has 0 bridgehead atoms. The van der Waals surface area contributed by atoms with Gasteiger partial charge < -0.3 is 24.5 Å². The third-order valence-corrected chi connectivity index (χ3v) is 4.63. The molecule has 0 spiro atoms. The van der Waals surface area contributed by atoms with Gasteiger partial charge in [0.05, 0.1) is 25.9 Å². The molecule has 28 heavy (non-hydrogen) atoms. The molecule has 0 amide bonds. The number of fused-ring (bicyclic) bond motifs is 1. The average Bonchev–Trinajstić information content (AvgIpc) is 3.14. The highest BCUT2D eigenvalue weighted by Gasteiger charge is 2.15. The number of guanidine groups is 1. The normalized spacial score (nSPS) is 15.5. The Labute approximate surface area is 183 Å². The molecule has 1 unspecified atom stereocenters. The van der Waals surface area contributed by atoms with E-state index in [1.54, 1.807) is 7.05 Å². The lowest BCUT2D eigenvalue weighted by molar-refractivity contribution is 0.153. The van der Waals surface area contributed by atoms with Gasteiger partial charge in [-0.3, -0.25) is 4.99 Å². The van der Waals surface area contributed by atoms with Crippen LogP contribution in [0, 0.1) is 0 Å². The number of benzene rings is 1. The molecule has 6 nitrogen and oxygen atoms in total. The molecule has 0 fully saturated rings. The van der Waals surface area contributed by atoms with E-state index in [-0.39, 0.29) is 30.0 Å². The molecule has 1 aromatic carbocycles. The van der Waals surface area contributed by atoms with Gasteiger partial charge >= 0.3 is 0 Å². The van der Waals surface area contributed by atoms with Gasteiger partial charge in [-0.05, 0) is 38.8 Å². The Hall–Kier alpha value is -1.74. The standard InChI is InChI=1S/C21H29N3O3.HI/c1-4-26-18-7-5-6-17-14-19(27-20(17)18)15(2)24-21(22-3)23-11-8-16-9-12-25-13-10-16;/h5-7,9,14-15H,4,8,10-13H2,1-3H3,(H2,22,23,24);1H. The third-order valence-electron chi connectivity index (χ3n) is 4.63. The number of nitrogens with zero attached hydrogens (tertiary/aromatic N) is 1. The summed E-state index contributed by atoms with van der Waals surface area (Å²) in [6.07, 6.45) is 4.19. The Bertz CT molecular complexity index is 816. The van der Waals surface area contributed by atoms with Gasteiger partial charge in [0.2, 0.25) is 0 Å². The van der Waals surface area contributed by atoms with Gasteiger partial charge in [0.15, 0.2) is 17.3 Å². The Balaban J connectivity index is 0.00000280. The summed E-state index contributed by atoms with van der Waals surface area (Å²) in [5.41, 5.74) is 2.23. The van der Waals surface area contributed by atoms with E-state index in [1.165, 1.54) is 5.57 Å². The van der Waals surface area contributed by atoms with Crippen molar-refractivity contribution in [3.63, 3.8) is 0 Å². The van der Waals surface area contributed by atoms with Crippen molar-refractivity contribution in [1.29, 1.82) is 0 Å². The zero-order valence-corrected chi connectivity index (χ0v) is 19.1. The van der Waals surface area contributed by atoms with Crippen molar-refractivity contribution in [3.8, 4) is 5.75 Å². The van der Waals surface area contributed by atoms with Gasteiger partial charge in [0.1, 0.15) is 5.76 Å². The molecule has 1 atom stereocenters. The molecule has 2 N–H and O–H groups in total. The van der Waals surface area contributed by atoms with Crippen molar-refractivity contribution >= 4 is 40.9 Å². The minimum Gasteiger partial charge on any atom is -0.490 e. The number of ether oxygens (including phenoxy) is 2. The zero-order valence-electron chi connectivity index (χ0n) is 16.8. The van der Waals surface area contributed by atoms with Crippen molar-refractivity contribution < 1.29 is 13.9 Å². The average molecular weight is 499 g/mol. The monoisotopic (exact) mass is 499 g/mol. The van der Waals surface area contributed by atoms with E-state index in [9.17, 15) is 0 Å². The van der Waals surface area contributed by atoms with Crippen molar-refractivity contribution in [3.05, 3.63) is 41.7 Å². The first kappa shape index (κ1) is 22.5. The van der Waals surface area contributed by atoms with Gasteiger partial charge in [-0.25, -0.2) is 0 Å². The number of halogens is 1. The van der Waals surface area contributed by atoms with Crippen molar-refractivity contribution in [2.75, 3.05) is 33.4 Å². The molecule has 0 saturated heterocycles. The second kappa shape index (κ2) is 11.3. The maximum absolute atomic E-state index is 6.07. The maximum atomic E-state index is 6.07. The summed E-state index contributed by atoms with van der Waals surface area (Å²) in [4.78, 5) is 4.32. The number of para-hydroxylation sites is 1. The first-order valence-electron chi connectivity index (χ1n) is 9.59. The molecule has 2 heterocycles. The lowest BCUT2D eigenvalue weighted by atomic mass is 10.1. The van der Waals surface area contributed by atoms with E-state index in [1.807, 2.05) is 25.1 Å². The highest BCUT2D eigenvalue weighted by Crippen LogP contribution is 2.31. The van der Waals surface area contributed by atoms with Crippen LogP contribution in [0.2, 0.25) is 0 Å². The van der Waals surface area contributed by atoms with Crippen LogP contribution >= 0.6 is 24.0 Å². The number of furan rings is 1. The molecule has 154 valence electrons. The smallest absolute Gasteiger partial charge is 0.191 e. The third kappa shape index (κ3) is 5.88. The Morgan fingerprint density at radius 1 is 1.36 bits per heavy atom. The largest absolute Gasteiger partial charge is 0.490 e. The van der Waals surface area contributed by atoms with E-state index in [2.05, 4.69) is 34.7 Å². The fourth-order valence-corrected chi connectivity index (χ4v) is 3.14. The predicted molar refractivity (Wildman–Crippen MR) is 124 cm³/mol. The quantitative estimate of drug-likeness (QED) is 0.256. The number of rotatable bonds is 7. The summed E-state index contributed by atoms with van der Waals surface area (Å²) < 4.78 is 17.1. The van der Waals surface area contributed by atoms with Crippen LogP contribution in [-0.2, 0) is 4.74 Å². The van der Waals surface area contributed by atoms with Gasteiger partial charge in [-0.1, -0.05) is 23.8 Å². The highest BCUT2D eigenvalue weighted by atomic mass is 127. The summed E-state index contributed by atoms with van der Waals surface area (Å²) >= 11 is 0. The van der Waals surface area contributed by atoms with E-state index >= 15 is 0 Å². The molecule has 1 aliphatic heterocycles. The maximum Gasteiger partial charge on any atom is 0.191 e. The van der Waals surface area contributed by atoms with Gasteiger partial charge in [-0.15, -0.1) is 24.0 Å². The molecule has 2 aromatic rings. The first-order chi connectivity index (χ1) is 13.2. The molecule has 7 heteroatoms. The fraction of sp³-hybridized carbons (Fsp3) is 0.476. The molecule has 3 rings (SSSR count). The van der Waals surface area contributed by atoms with Crippen LogP contribution < -0.4 is 15.4 Å². The van der Waals surface area contributed by atoms with Crippen LogP contribution in [0.15, 0.2) is 45.3 Å². The minimum atomic E-state index is -0.0135. The molecule has 0 radical (unpaired) electrons. The van der Waals surface area contributed by atoms with Crippen LogP contribution in [0.5, 0.6) is 5.75 Å². The van der Waals surface area contributed by atoms with Crippen LogP contribution in [0.4, 0.5) is 0 Å². The summed E-state index contributed by atoms with van der Waals surface area (Å²) in [5, 5.41) is 7.81. The lowest BCUT2D eigenvalue weighted by Gasteiger charge is -2.18. The van der Waals surface area contributed by atoms with Gasteiger partial charge in [0.25, 0.3) is 0 Å². The highest BCUT2D eigenvalue weighted by molar-refractivity contribution is 14.0. The number of aliphatic imine (C=N–C) groups is 1. The predicted octanol–water partition coefficient (Wildman–Crippen LogP) is 4.41. The molecular weight excluding hydrogens is 469 g/mol. The van der Waals surface area contributed by atoms with Gasteiger partial charge in [0, 0.05) is 19.0 Å². The lowest BCUT2D eigenvalue weighted by Crippen LogP contribution is -2.39. The van der Waals surface area contributed by atoms with Crippen molar-refractivity contribution in [2.45, 2.75) is 32.7 Å². The van der Waals surface area contributed by atoms with E-state index in [0.717, 1.165) is 61.0 Å². The Morgan fingerprint density at radius 3 is 2.93 bits per heavy atom. The molecule has 0 saturated carbocycles. The van der Waals surface area contributed by atoms with E-state index < -0.39 is 0 Å². The summed E-state index contributed by atoms with van der Waals surface area (Å²) in [6.45, 7) is 7.04. The zero-order chi connectivity index (χ0) is 19.1. The van der Waals surface area contributed by atoms with Crippen LogP contribution in [0.25, 0.3) is 11.0 Å². The minimum absolute atomic E-state index is 0. The van der Waals surface area contributed by atoms with Crippen molar-refractivity contribution in [1.82, 2.24) is 10.6 Å². The summed E-state index contributed by atoms with van der Waals surface area (Å²) in [5.74, 6) is 2.40. The van der Waals surface area contributed by atoms with E-state index in [4.69, 9.17) is 13.9 Å². The Kier molecular flexibility index (Phi) is 9.11. The van der Waals surface area contributed by atoms with Gasteiger partial charge in [-0.2, -0.15) is 0 Å². The van der Waals surface area contributed by atoms with E-state index in [0.29, 0.717) is 6.61 Å². The molecular formula is C21H30IN3O3. The number of nitrogens with one attached hydrogen (secondary N) is 2. The summed E-state index contributed by atoms with van der Waals surface area (Å²) in [6, 6.07) is 7.99. The SMILES string of the molecule is CCOc1cccc2cc(C(C)NC(=NC)NCCC3=CCOCC3)oc12.I. The second-order valence-corrected chi connectivity index (χ2v) is 6.56. The number of hydrogen-bond acceptors (Lipinski definition) is 4. The van der Waals surface area contributed by atoms with Crippen LogP contribution in [0.3, 0.4) is 0 Å². The topological polar surface area (TPSA) is 68.0 Å². The first-order valence-corrected chi connectivity index (χ1v) is 9.59. The fourth-order valence-electron chi connectivity index (χ4n) is 3.14.